The maximum Gasteiger partial charge on any atom is 0.142 e. The molecule has 4 heterocycles. The van der Waals surface area contributed by atoms with Crippen LogP contribution in [-0.4, -0.2) is 45.6 Å². The summed E-state index contributed by atoms with van der Waals surface area (Å²) in [5.74, 6) is 0.810. The first-order chi connectivity index (χ1) is 11.8. The van der Waals surface area contributed by atoms with Crippen LogP contribution < -0.4 is 4.74 Å². The van der Waals surface area contributed by atoms with Gasteiger partial charge in [-0.25, -0.2) is 9.97 Å². The Morgan fingerprint density at radius 3 is 3.21 bits per heavy atom. The summed E-state index contributed by atoms with van der Waals surface area (Å²) < 4.78 is 6.17. The molecule has 1 N–H and O–H groups in total. The van der Waals surface area contributed by atoms with Crippen molar-refractivity contribution in [1.29, 1.82) is 5.26 Å². The minimum absolute atomic E-state index is 0.395. The van der Waals surface area contributed by atoms with E-state index in [1.54, 1.807) is 18.5 Å². The van der Waals surface area contributed by atoms with Gasteiger partial charge in [-0.1, -0.05) is 6.92 Å². The molecule has 4 rings (SSSR count). The number of likely N-dealkylation sites (N-methyl/N-ethyl adjacent to an activating group) is 1. The zero-order valence-corrected chi connectivity index (χ0v) is 13.6. The van der Waals surface area contributed by atoms with E-state index < -0.39 is 0 Å². The van der Waals surface area contributed by atoms with Gasteiger partial charge >= 0.3 is 0 Å². The summed E-state index contributed by atoms with van der Waals surface area (Å²) in [5, 5.41) is 11.0. The second kappa shape index (κ2) is 6.10. The Hall–Kier alpha value is -2.65. The van der Waals surface area contributed by atoms with Crippen molar-refractivity contribution < 1.29 is 4.74 Å². The number of hydrogen-bond donors (Lipinski definition) is 1. The van der Waals surface area contributed by atoms with E-state index in [9.17, 15) is 0 Å². The van der Waals surface area contributed by atoms with Gasteiger partial charge in [-0.05, 0) is 38.1 Å². The summed E-state index contributed by atoms with van der Waals surface area (Å²) in [6.45, 7) is 5.08. The molecule has 24 heavy (non-hydrogen) atoms. The molecule has 0 saturated carbocycles. The summed E-state index contributed by atoms with van der Waals surface area (Å²) in [6, 6.07) is 6.25. The first kappa shape index (κ1) is 14.9. The largest absolute Gasteiger partial charge is 0.491 e. The van der Waals surface area contributed by atoms with Crippen LogP contribution in [0.1, 0.15) is 25.5 Å². The third kappa shape index (κ3) is 2.47. The molecule has 0 spiro atoms. The minimum Gasteiger partial charge on any atom is -0.491 e. The van der Waals surface area contributed by atoms with E-state index >= 15 is 0 Å². The molecule has 0 aliphatic carbocycles. The average Bonchev–Trinajstić information content (AvgIpc) is 3.23. The second-order valence-corrected chi connectivity index (χ2v) is 6.12. The summed E-state index contributed by atoms with van der Waals surface area (Å²) in [6.07, 6.45) is 5.84. The van der Waals surface area contributed by atoms with Gasteiger partial charge in [0.1, 0.15) is 29.8 Å². The molecule has 0 amide bonds. The van der Waals surface area contributed by atoms with Gasteiger partial charge < -0.3 is 9.72 Å². The number of hydrogen-bond acceptors (Lipinski definition) is 5. The molecule has 3 aromatic rings. The fraction of sp³-hybridized carbons (Fsp3) is 0.389. The van der Waals surface area contributed by atoms with Crippen molar-refractivity contribution in [2.45, 2.75) is 25.8 Å². The van der Waals surface area contributed by atoms with E-state index in [4.69, 9.17) is 10.00 Å². The molecule has 1 saturated heterocycles. The number of nitrogens with one attached hydrogen (secondary N) is 1. The highest BCUT2D eigenvalue weighted by Gasteiger charge is 2.24. The third-order valence-corrected chi connectivity index (χ3v) is 4.79. The zero-order chi connectivity index (χ0) is 16.5. The van der Waals surface area contributed by atoms with Gasteiger partial charge in [-0.2, -0.15) is 5.26 Å². The SMILES string of the molecule is CCN1CCCC1COc1ccnc2[nH]c3cnc(C#N)cc3c12. The Kier molecular flexibility index (Phi) is 3.79. The minimum atomic E-state index is 0.395. The molecule has 0 radical (unpaired) electrons. The van der Waals surface area contributed by atoms with Crippen LogP contribution in [0, 0.1) is 11.3 Å². The van der Waals surface area contributed by atoms with Crippen LogP contribution in [0.3, 0.4) is 0 Å². The number of ether oxygens (including phenoxy) is 1. The zero-order valence-electron chi connectivity index (χ0n) is 13.6. The van der Waals surface area contributed by atoms with Crippen LogP contribution in [0.2, 0.25) is 0 Å². The Morgan fingerprint density at radius 2 is 2.38 bits per heavy atom. The van der Waals surface area contributed by atoms with E-state index in [0.29, 0.717) is 18.3 Å². The van der Waals surface area contributed by atoms with Gasteiger partial charge in [0.05, 0.1) is 17.1 Å². The topological polar surface area (TPSA) is 77.8 Å². The number of rotatable bonds is 4. The Labute approximate surface area is 140 Å². The van der Waals surface area contributed by atoms with Gasteiger partial charge in [0.15, 0.2) is 0 Å². The van der Waals surface area contributed by atoms with E-state index in [1.165, 1.54) is 12.8 Å². The lowest BCUT2D eigenvalue weighted by Crippen LogP contribution is -2.33. The Morgan fingerprint density at radius 1 is 1.46 bits per heavy atom. The number of pyridine rings is 2. The number of fused-ring (bicyclic) bond motifs is 3. The van der Waals surface area contributed by atoms with Crippen LogP contribution in [-0.2, 0) is 0 Å². The predicted molar refractivity (Wildman–Crippen MR) is 91.9 cm³/mol. The van der Waals surface area contributed by atoms with Gasteiger partial charge in [0.25, 0.3) is 0 Å². The fourth-order valence-electron chi connectivity index (χ4n) is 3.56. The Bertz CT molecular complexity index is 926. The number of aromatic amines is 1. The van der Waals surface area contributed by atoms with Crippen molar-refractivity contribution >= 4 is 21.9 Å². The molecule has 1 aliphatic rings. The van der Waals surface area contributed by atoms with Crippen molar-refractivity contribution in [3.63, 3.8) is 0 Å². The highest BCUT2D eigenvalue weighted by Crippen LogP contribution is 2.32. The van der Waals surface area contributed by atoms with Crippen LogP contribution in [0.4, 0.5) is 0 Å². The monoisotopic (exact) mass is 321 g/mol. The molecular weight excluding hydrogens is 302 g/mol. The number of aromatic nitrogens is 3. The predicted octanol–water partition coefficient (Wildman–Crippen LogP) is 2.85. The summed E-state index contributed by atoms with van der Waals surface area (Å²) in [7, 11) is 0. The second-order valence-electron chi connectivity index (χ2n) is 6.12. The average molecular weight is 321 g/mol. The number of nitrogens with zero attached hydrogens (tertiary/aromatic N) is 4. The highest BCUT2D eigenvalue weighted by atomic mass is 16.5. The lowest BCUT2D eigenvalue weighted by molar-refractivity contribution is 0.180. The lowest BCUT2D eigenvalue weighted by Gasteiger charge is -2.22. The molecule has 0 bridgehead atoms. The van der Waals surface area contributed by atoms with Crippen molar-refractivity contribution in [2.24, 2.45) is 0 Å². The molecule has 1 fully saturated rings. The molecule has 3 aromatic heterocycles. The molecule has 6 nitrogen and oxygen atoms in total. The third-order valence-electron chi connectivity index (χ3n) is 4.79. The van der Waals surface area contributed by atoms with Crippen LogP contribution in [0.15, 0.2) is 24.5 Å². The number of H-pyrrole nitrogens is 1. The smallest absolute Gasteiger partial charge is 0.142 e. The van der Waals surface area contributed by atoms with E-state index in [-0.39, 0.29) is 0 Å². The van der Waals surface area contributed by atoms with Crippen LogP contribution in [0.5, 0.6) is 5.75 Å². The number of nitriles is 1. The standard InChI is InChI=1S/C18H19N5O/c1-2-23-7-3-4-13(23)11-24-16-5-6-20-18-17(16)14-8-12(9-19)21-10-15(14)22-18/h5-6,8,10,13H,2-4,7,11H2,1H3,(H,20,22). The van der Waals surface area contributed by atoms with Crippen LogP contribution in [0.25, 0.3) is 21.9 Å². The first-order valence-corrected chi connectivity index (χ1v) is 8.33. The summed E-state index contributed by atoms with van der Waals surface area (Å²) in [4.78, 5) is 14.2. The van der Waals surface area contributed by atoms with Crippen LogP contribution >= 0.6 is 0 Å². The van der Waals surface area contributed by atoms with Crippen molar-refractivity contribution in [3.05, 3.63) is 30.2 Å². The van der Waals surface area contributed by atoms with Gasteiger partial charge in [-0.3, -0.25) is 4.90 Å². The molecule has 122 valence electrons. The normalized spacial score (nSPS) is 18.2. The molecule has 1 atom stereocenters. The number of likely N-dealkylation sites (tertiary alicyclic amines) is 1. The summed E-state index contributed by atoms with van der Waals surface area (Å²) >= 11 is 0. The van der Waals surface area contributed by atoms with E-state index in [1.807, 2.05) is 6.07 Å². The van der Waals surface area contributed by atoms with E-state index in [2.05, 4.69) is 32.8 Å². The molecule has 0 aromatic carbocycles. The molecule has 1 unspecified atom stereocenters. The molecular formula is C18H19N5O. The quantitative estimate of drug-likeness (QED) is 0.799. The van der Waals surface area contributed by atoms with E-state index in [0.717, 1.165) is 40.8 Å². The lowest BCUT2D eigenvalue weighted by atomic mass is 10.2. The Balaban J connectivity index is 1.71. The molecule has 6 heteroatoms. The van der Waals surface area contributed by atoms with Gasteiger partial charge in [0, 0.05) is 17.6 Å². The summed E-state index contributed by atoms with van der Waals surface area (Å²) in [5.41, 5.74) is 2.02. The molecule has 1 aliphatic heterocycles. The maximum absolute atomic E-state index is 9.10. The fourth-order valence-corrected chi connectivity index (χ4v) is 3.56. The van der Waals surface area contributed by atoms with Crippen molar-refractivity contribution in [1.82, 2.24) is 19.9 Å². The van der Waals surface area contributed by atoms with Crippen molar-refractivity contribution in [3.8, 4) is 11.8 Å². The van der Waals surface area contributed by atoms with Crippen molar-refractivity contribution in [2.75, 3.05) is 19.7 Å². The maximum atomic E-state index is 9.10. The first-order valence-electron chi connectivity index (χ1n) is 8.33. The highest BCUT2D eigenvalue weighted by molar-refractivity contribution is 6.09. The van der Waals surface area contributed by atoms with Gasteiger partial charge in [-0.15, -0.1) is 0 Å². The van der Waals surface area contributed by atoms with Gasteiger partial charge in [0.2, 0.25) is 0 Å².